The standard InChI is InChI=1S/C12H7ClFNO2S/c13-8-1-6-12(11(14)7-8)18-10-4-2-9(3-5-10)15(16)17/h1-7H. The molecule has 0 radical (unpaired) electrons. The Morgan fingerprint density at radius 2 is 1.83 bits per heavy atom. The fourth-order valence-corrected chi connectivity index (χ4v) is 2.30. The van der Waals surface area contributed by atoms with Gasteiger partial charge >= 0.3 is 0 Å². The lowest BCUT2D eigenvalue weighted by atomic mass is 10.3. The van der Waals surface area contributed by atoms with Gasteiger partial charge in [0.05, 0.1) is 4.92 Å². The second-order valence-corrected chi connectivity index (χ2v) is 4.98. The maximum atomic E-state index is 13.5. The van der Waals surface area contributed by atoms with Crippen molar-refractivity contribution in [2.75, 3.05) is 0 Å². The fraction of sp³-hybridized carbons (Fsp3) is 0. The second-order valence-electron chi connectivity index (χ2n) is 3.43. The van der Waals surface area contributed by atoms with Crippen molar-refractivity contribution in [3.8, 4) is 0 Å². The molecule has 6 heteroatoms. The number of halogens is 2. The van der Waals surface area contributed by atoms with Crippen LogP contribution in [0.5, 0.6) is 0 Å². The Labute approximate surface area is 112 Å². The van der Waals surface area contributed by atoms with Crippen LogP contribution in [0.15, 0.2) is 52.3 Å². The van der Waals surface area contributed by atoms with Crippen molar-refractivity contribution < 1.29 is 9.31 Å². The smallest absolute Gasteiger partial charge is 0.258 e. The van der Waals surface area contributed by atoms with Crippen molar-refractivity contribution in [1.29, 1.82) is 0 Å². The molecule has 0 aromatic heterocycles. The fourth-order valence-electron chi connectivity index (χ4n) is 1.32. The van der Waals surface area contributed by atoms with Crippen LogP contribution in [0, 0.1) is 15.9 Å². The summed E-state index contributed by atoms with van der Waals surface area (Å²) in [5, 5.41) is 10.8. The first-order valence-electron chi connectivity index (χ1n) is 4.93. The molecule has 0 spiro atoms. The van der Waals surface area contributed by atoms with E-state index < -0.39 is 10.7 Å². The average Bonchev–Trinajstić information content (AvgIpc) is 2.33. The molecule has 0 bridgehead atoms. The first-order chi connectivity index (χ1) is 8.56. The molecule has 0 aliphatic heterocycles. The summed E-state index contributed by atoms with van der Waals surface area (Å²) in [7, 11) is 0. The Bertz CT molecular complexity index is 589. The predicted molar refractivity (Wildman–Crippen MR) is 68.6 cm³/mol. The van der Waals surface area contributed by atoms with Crippen molar-refractivity contribution in [3.05, 3.63) is 63.4 Å². The highest BCUT2D eigenvalue weighted by Crippen LogP contribution is 2.31. The van der Waals surface area contributed by atoms with Crippen molar-refractivity contribution in [2.45, 2.75) is 9.79 Å². The quantitative estimate of drug-likeness (QED) is 0.613. The Morgan fingerprint density at radius 1 is 1.17 bits per heavy atom. The van der Waals surface area contributed by atoms with E-state index in [2.05, 4.69) is 0 Å². The number of nitrogens with zero attached hydrogens (tertiary/aromatic N) is 1. The van der Waals surface area contributed by atoms with Gasteiger partial charge < -0.3 is 0 Å². The van der Waals surface area contributed by atoms with Gasteiger partial charge in [-0.1, -0.05) is 23.4 Å². The molecule has 0 N–H and O–H groups in total. The van der Waals surface area contributed by atoms with Gasteiger partial charge in [0.2, 0.25) is 0 Å². The van der Waals surface area contributed by atoms with E-state index >= 15 is 0 Å². The van der Waals surface area contributed by atoms with Crippen LogP contribution >= 0.6 is 23.4 Å². The van der Waals surface area contributed by atoms with Crippen molar-refractivity contribution in [1.82, 2.24) is 0 Å². The van der Waals surface area contributed by atoms with Gasteiger partial charge in [0.1, 0.15) is 5.82 Å². The molecule has 2 aromatic rings. The molecule has 3 nitrogen and oxygen atoms in total. The van der Waals surface area contributed by atoms with Gasteiger partial charge in [0, 0.05) is 26.9 Å². The molecule has 0 saturated carbocycles. The van der Waals surface area contributed by atoms with E-state index in [4.69, 9.17) is 11.6 Å². The lowest BCUT2D eigenvalue weighted by Crippen LogP contribution is -1.87. The zero-order valence-corrected chi connectivity index (χ0v) is 10.5. The molecule has 0 aliphatic rings. The lowest BCUT2D eigenvalue weighted by molar-refractivity contribution is -0.384. The lowest BCUT2D eigenvalue weighted by Gasteiger charge is -2.03. The molecular weight excluding hydrogens is 277 g/mol. The van der Waals surface area contributed by atoms with E-state index in [0.717, 1.165) is 4.90 Å². The van der Waals surface area contributed by atoms with Gasteiger partial charge in [-0.15, -0.1) is 0 Å². The summed E-state index contributed by atoms with van der Waals surface area (Å²) < 4.78 is 13.5. The molecule has 0 fully saturated rings. The Kier molecular flexibility index (Phi) is 3.84. The summed E-state index contributed by atoms with van der Waals surface area (Å²) in [5.41, 5.74) is 0.0101. The van der Waals surface area contributed by atoms with Gasteiger partial charge in [0.25, 0.3) is 5.69 Å². The molecule has 0 atom stereocenters. The molecule has 0 amide bonds. The van der Waals surface area contributed by atoms with Crippen LogP contribution in [0.4, 0.5) is 10.1 Å². The summed E-state index contributed by atoms with van der Waals surface area (Å²) >= 11 is 6.84. The van der Waals surface area contributed by atoms with Crippen LogP contribution < -0.4 is 0 Å². The number of benzene rings is 2. The van der Waals surface area contributed by atoms with E-state index in [-0.39, 0.29) is 5.69 Å². The molecule has 92 valence electrons. The summed E-state index contributed by atoms with van der Waals surface area (Å²) in [4.78, 5) is 11.2. The SMILES string of the molecule is O=[N+]([O-])c1ccc(Sc2ccc(Cl)cc2F)cc1. The van der Waals surface area contributed by atoms with Crippen LogP contribution in [-0.2, 0) is 0 Å². The number of hydrogen-bond acceptors (Lipinski definition) is 3. The first-order valence-corrected chi connectivity index (χ1v) is 6.13. The van der Waals surface area contributed by atoms with Crippen LogP contribution in [0.1, 0.15) is 0 Å². The highest BCUT2D eigenvalue weighted by molar-refractivity contribution is 7.99. The molecule has 2 aromatic carbocycles. The van der Waals surface area contributed by atoms with Crippen molar-refractivity contribution in [2.24, 2.45) is 0 Å². The minimum absolute atomic E-state index is 0.0101. The van der Waals surface area contributed by atoms with Crippen molar-refractivity contribution >= 4 is 29.1 Å². The maximum absolute atomic E-state index is 13.5. The minimum Gasteiger partial charge on any atom is -0.258 e. The third kappa shape index (κ3) is 3.00. The van der Waals surface area contributed by atoms with E-state index in [1.165, 1.54) is 30.0 Å². The Hall–Kier alpha value is -1.59. The van der Waals surface area contributed by atoms with Gasteiger partial charge in [-0.3, -0.25) is 10.1 Å². The third-order valence-electron chi connectivity index (χ3n) is 2.17. The van der Waals surface area contributed by atoms with E-state index in [9.17, 15) is 14.5 Å². The number of nitro benzene ring substituents is 1. The first kappa shape index (κ1) is 12.9. The van der Waals surface area contributed by atoms with Crippen LogP contribution in [0.2, 0.25) is 5.02 Å². The number of nitro groups is 1. The zero-order chi connectivity index (χ0) is 13.1. The summed E-state index contributed by atoms with van der Waals surface area (Å²) in [6, 6.07) is 10.3. The number of non-ortho nitro benzene ring substituents is 1. The Balaban J connectivity index is 2.21. The van der Waals surface area contributed by atoms with E-state index in [1.54, 1.807) is 24.3 Å². The largest absolute Gasteiger partial charge is 0.269 e. The average molecular weight is 284 g/mol. The van der Waals surface area contributed by atoms with Gasteiger partial charge in [-0.25, -0.2) is 4.39 Å². The molecule has 0 aliphatic carbocycles. The van der Waals surface area contributed by atoms with Crippen LogP contribution in [0.3, 0.4) is 0 Å². The highest BCUT2D eigenvalue weighted by atomic mass is 35.5. The molecule has 0 saturated heterocycles. The Morgan fingerprint density at radius 3 is 2.39 bits per heavy atom. The normalized spacial score (nSPS) is 10.3. The van der Waals surface area contributed by atoms with Gasteiger partial charge in [-0.05, 0) is 30.3 Å². The number of hydrogen-bond donors (Lipinski definition) is 0. The maximum Gasteiger partial charge on any atom is 0.269 e. The van der Waals surface area contributed by atoms with E-state index in [0.29, 0.717) is 9.92 Å². The van der Waals surface area contributed by atoms with Crippen LogP contribution in [0.25, 0.3) is 0 Å². The van der Waals surface area contributed by atoms with Crippen LogP contribution in [-0.4, -0.2) is 4.92 Å². The van der Waals surface area contributed by atoms with Gasteiger partial charge in [0.15, 0.2) is 0 Å². The second kappa shape index (κ2) is 5.37. The monoisotopic (exact) mass is 283 g/mol. The number of rotatable bonds is 3. The highest BCUT2D eigenvalue weighted by Gasteiger charge is 2.07. The zero-order valence-electron chi connectivity index (χ0n) is 8.97. The van der Waals surface area contributed by atoms with Crippen molar-refractivity contribution in [3.63, 3.8) is 0 Å². The molecule has 2 rings (SSSR count). The minimum atomic E-state index is -0.475. The third-order valence-corrected chi connectivity index (χ3v) is 3.46. The summed E-state index contributed by atoms with van der Waals surface area (Å²) in [6.07, 6.45) is 0. The summed E-state index contributed by atoms with van der Waals surface area (Å²) in [5.74, 6) is -0.411. The molecular formula is C12H7ClFNO2S. The molecule has 18 heavy (non-hydrogen) atoms. The molecule has 0 unspecified atom stereocenters. The molecule has 0 heterocycles. The topological polar surface area (TPSA) is 43.1 Å². The van der Waals surface area contributed by atoms with E-state index in [1.807, 2.05) is 0 Å². The van der Waals surface area contributed by atoms with Gasteiger partial charge in [-0.2, -0.15) is 0 Å². The predicted octanol–water partition coefficient (Wildman–Crippen LogP) is 4.54. The summed E-state index contributed by atoms with van der Waals surface area (Å²) in [6.45, 7) is 0.